The lowest BCUT2D eigenvalue weighted by molar-refractivity contribution is -0.183. The molecule has 1 aliphatic carbocycles. The van der Waals surface area contributed by atoms with E-state index in [0.29, 0.717) is 5.57 Å². The van der Waals surface area contributed by atoms with Gasteiger partial charge in [0.05, 0.1) is 6.10 Å². The van der Waals surface area contributed by atoms with E-state index in [1.165, 1.54) is 19.3 Å². The fourth-order valence-electron chi connectivity index (χ4n) is 1.75. The molecule has 0 amide bonds. The fraction of sp³-hybridized carbons (Fsp3) is 0.750. The summed E-state index contributed by atoms with van der Waals surface area (Å²) in [6.07, 6.45) is 5.67. The van der Waals surface area contributed by atoms with Crippen LogP contribution in [0, 0.1) is 0 Å². The lowest BCUT2D eigenvalue weighted by Gasteiger charge is -2.25. The van der Waals surface area contributed by atoms with Crippen LogP contribution in [0.2, 0.25) is 0 Å². The van der Waals surface area contributed by atoms with Crippen molar-refractivity contribution in [1.29, 1.82) is 0 Å². The van der Waals surface area contributed by atoms with Crippen molar-refractivity contribution in [3.05, 3.63) is 12.2 Å². The molecule has 0 aromatic rings. The van der Waals surface area contributed by atoms with E-state index in [9.17, 15) is 4.79 Å². The van der Waals surface area contributed by atoms with Crippen LogP contribution in [0.15, 0.2) is 12.2 Å². The summed E-state index contributed by atoms with van der Waals surface area (Å²) in [4.78, 5) is 11.2. The summed E-state index contributed by atoms with van der Waals surface area (Å²) in [5.41, 5.74) is 0.411. The Morgan fingerprint density at radius 2 is 1.93 bits per heavy atom. The van der Waals surface area contributed by atoms with Gasteiger partial charge < -0.3 is 9.47 Å². The molecule has 1 fully saturated rings. The van der Waals surface area contributed by atoms with E-state index in [-0.39, 0.29) is 12.1 Å². The molecule has 3 heteroatoms. The van der Waals surface area contributed by atoms with E-state index in [1.807, 2.05) is 0 Å². The van der Waals surface area contributed by atoms with Crippen molar-refractivity contribution in [2.75, 3.05) is 0 Å². The van der Waals surface area contributed by atoms with Crippen molar-refractivity contribution < 1.29 is 14.3 Å². The highest BCUT2D eigenvalue weighted by Crippen LogP contribution is 2.21. The summed E-state index contributed by atoms with van der Waals surface area (Å²) in [6.45, 7) is 6.92. The van der Waals surface area contributed by atoms with Crippen LogP contribution in [0.5, 0.6) is 0 Å². The van der Waals surface area contributed by atoms with E-state index in [0.717, 1.165) is 12.8 Å². The van der Waals surface area contributed by atoms with Crippen molar-refractivity contribution in [2.24, 2.45) is 0 Å². The molecule has 0 bridgehead atoms. The van der Waals surface area contributed by atoms with Crippen LogP contribution < -0.4 is 0 Å². The van der Waals surface area contributed by atoms with Crippen LogP contribution in [0.1, 0.15) is 46.0 Å². The quantitative estimate of drug-likeness (QED) is 0.408. The number of hydrogen-bond donors (Lipinski definition) is 0. The maximum atomic E-state index is 11.2. The third-order valence-electron chi connectivity index (χ3n) is 2.56. The van der Waals surface area contributed by atoms with Crippen molar-refractivity contribution in [3.8, 4) is 0 Å². The Labute approximate surface area is 91.4 Å². The predicted molar refractivity (Wildman–Crippen MR) is 58.3 cm³/mol. The Morgan fingerprint density at radius 3 is 2.47 bits per heavy atom. The fourth-order valence-corrected chi connectivity index (χ4v) is 1.75. The zero-order chi connectivity index (χ0) is 11.3. The molecular formula is C12H20O3. The summed E-state index contributed by atoms with van der Waals surface area (Å²) >= 11 is 0. The monoisotopic (exact) mass is 212 g/mol. The molecule has 0 heterocycles. The van der Waals surface area contributed by atoms with Gasteiger partial charge in [0.15, 0.2) is 0 Å². The lowest BCUT2D eigenvalue weighted by Crippen LogP contribution is -2.26. The van der Waals surface area contributed by atoms with E-state index < -0.39 is 6.29 Å². The van der Waals surface area contributed by atoms with Gasteiger partial charge >= 0.3 is 5.97 Å². The molecule has 0 aliphatic heterocycles. The van der Waals surface area contributed by atoms with Crippen LogP contribution in [0.3, 0.4) is 0 Å². The third-order valence-corrected chi connectivity index (χ3v) is 2.56. The Hall–Kier alpha value is -0.830. The van der Waals surface area contributed by atoms with Gasteiger partial charge in [-0.25, -0.2) is 4.79 Å². The van der Waals surface area contributed by atoms with Crippen LogP contribution in [-0.4, -0.2) is 18.4 Å². The van der Waals surface area contributed by atoms with Crippen LogP contribution in [-0.2, 0) is 14.3 Å². The van der Waals surface area contributed by atoms with Gasteiger partial charge in [0.2, 0.25) is 6.29 Å². The lowest BCUT2D eigenvalue weighted by atomic mass is 9.98. The van der Waals surface area contributed by atoms with Crippen LogP contribution in [0.25, 0.3) is 0 Å². The van der Waals surface area contributed by atoms with Gasteiger partial charge in [0.25, 0.3) is 0 Å². The van der Waals surface area contributed by atoms with Gasteiger partial charge in [-0.2, -0.15) is 0 Å². The van der Waals surface area contributed by atoms with E-state index in [2.05, 4.69) is 6.58 Å². The topological polar surface area (TPSA) is 35.5 Å². The summed E-state index contributed by atoms with van der Waals surface area (Å²) in [5, 5.41) is 0. The molecule has 1 atom stereocenters. The SMILES string of the molecule is C=C(C)C(=O)OC(C)OC1CCCCC1. The minimum Gasteiger partial charge on any atom is -0.433 e. The van der Waals surface area contributed by atoms with E-state index in [1.54, 1.807) is 13.8 Å². The Kier molecular flexibility index (Phi) is 4.82. The molecular weight excluding hydrogens is 192 g/mol. The highest BCUT2D eigenvalue weighted by Gasteiger charge is 2.18. The zero-order valence-electron chi connectivity index (χ0n) is 9.62. The van der Waals surface area contributed by atoms with Crippen molar-refractivity contribution in [2.45, 2.75) is 58.3 Å². The van der Waals surface area contributed by atoms with Gasteiger partial charge in [0.1, 0.15) is 0 Å². The summed E-state index contributed by atoms with van der Waals surface area (Å²) < 4.78 is 10.7. The largest absolute Gasteiger partial charge is 0.433 e. The Morgan fingerprint density at radius 1 is 1.33 bits per heavy atom. The normalized spacial score (nSPS) is 19.6. The second kappa shape index (κ2) is 5.91. The number of hydrogen-bond acceptors (Lipinski definition) is 3. The predicted octanol–water partition coefficient (Wildman–Crippen LogP) is 2.80. The van der Waals surface area contributed by atoms with Crippen molar-refractivity contribution >= 4 is 5.97 Å². The van der Waals surface area contributed by atoms with E-state index in [4.69, 9.17) is 9.47 Å². The number of carbonyl (C=O) groups is 1. The van der Waals surface area contributed by atoms with Gasteiger partial charge in [-0.3, -0.25) is 0 Å². The Bertz CT molecular complexity index is 229. The molecule has 1 unspecified atom stereocenters. The third kappa shape index (κ3) is 4.47. The van der Waals surface area contributed by atoms with Gasteiger partial charge in [-0.1, -0.05) is 25.8 Å². The number of esters is 1. The van der Waals surface area contributed by atoms with Crippen LogP contribution >= 0.6 is 0 Å². The molecule has 1 aliphatic rings. The molecule has 0 spiro atoms. The maximum Gasteiger partial charge on any atom is 0.335 e. The molecule has 0 radical (unpaired) electrons. The molecule has 0 N–H and O–H groups in total. The summed E-state index contributed by atoms with van der Waals surface area (Å²) in [5.74, 6) is -0.377. The van der Waals surface area contributed by atoms with Gasteiger partial charge in [-0.15, -0.1) is 0 Å². The average Bonchev–Trinajstić information content (AvgIpc) is 2.18. The molecule has 0 aromatic carbocycles. The second-order valence-corrected chi connectivity index (χ2v) is 4.15. The molecule has 3 nitrogen and oxygen atoms in total. The number of carbonyl (C=O) groups excluding carboxylic acids is 1. The molecule has 1 saturated carbocycles. The first kappa shape index (κ1) is 12.2. The second-order valence-electron chi connectivity index (χ2n) is 4.15. The molecule has 86 valence electrons. The average molecular weight is 212 g/mol. The summed E-state index contributed by atoms with van der Waals surface area (Å²) in [6, 6.07) is 0. The molecule has 1 rings (SSSR count). The highest BCUT2D eigenvalue weighted by atomic mass is 16.7. The van der Waals surface area contributed by atoms with Crippen molar-refractivity contribution in [3.63, 3.8) is 0 Å². The minimum absolute atomic E-state index is 0.256. The van der Waals surface area contributed by atoms with Gasteiger partial charge in [-0.05, 0) is 26.7 Å². The first-order valence-corrected chi connectivity index (χ1v) is 5.61. The maximum absolute atomic E-state index is 11.2. The minimum atomic E-state index is -0.461. The Balaban J connectivity index is 2.25. The first-order chi connectivity index (χ1) is 7.09. The molecule has 15 heavy (non-hydrogen) atoms. The van der Waals surface area contributed by atoms with Crippen LogP contribution in [0.4, 0.5) is 0 Å². The van der Waals surface area contributed by atoms with Gasteiger partial charge in [0, 0.05) is 5.57 Å². The first-order valence-electron chi connectivity index (χ1n) is 5.61. The smallest absolute Gasteiger partial charge is 0.335 e. The van der Waals surface area contributed by atoms with E-state index >= 15 is 0 Å². The number of rotatable bonds is 4. The van der Waals surface area contributed by atoms with Crippen molar-refractivity contribution in [1.82, 2.24) is 0 Å². The summed E-state index contributed by atoms with van der Waals surface area (Å²) in [7, 11) is 0. The molecule has 0 saturated heterocycles. The standard InChI is InChI=1S/C12H20O3/c1-9(2)12(13)15-10(3)14-11-7-5-4-6-8-11/h10-11H,1,4-8H2,2-3H3. The molecule has 0 aromatic heterocycles. The highest BCUT2D eigenvalue weighted by molar-refractivity contribution is 5.86. The number of ether oxygens (including phenoxy) is 2. The zero-order valence-corrected chi connectivity index (χ0v) is 9.62.